The van der Waals surface area contributed by atoms with Crippen molar-refractivity contribution in [2.45, 2.75) is 39.3 Å². The van der Waals surface area contributed by atoms with E-state index in [0.717, 1.165) is 23.5 Å². The average molecular weight is 294 g/mol. The van der Waals surface area contributed by atoms with Crippen LogP contribution < -0.4 is 4.74 Å². The minimum atomic E-state index is -0.0443. The maximum absolute atomic E-state index is 6.19. The molecule has 0 saturated heterocycles. The third-order valence-corrected chi connectivity index (χ3v) is 3.82. The van der Waals surface area contributed by atoms with Gasteiger partial charge in [0.05, 0.1) is 11.0 Å². The summed E-state index contributed by atoms with van der Waals surface area (Å²) in [7, 11) is 0. The van der Waals surface area contributed by atoms with Gasteiger partial charge in [0.1, 0.15) is 5.75 Å². The van der Waals surface area contributed by atoms with Crippen LogP contribution in [0, 0.1) is 0 Å². The number of para-hydroxylation sites is 3. The number of imidazole rings is 1. The Kier molecular flexibility index (Phi) is 4.14. The van der Waals surface area contributed by atoms with Gasteiger partial charge in [-0.2, -0.15) is 0 Å². The van der Waals surface area contributed by atoms with Gasteiger partial charge in [-0.25, -0.2) is 4.98 Å². The highest BCUT2D eigenvalue weighted by Gasteiger charge is 2.21. The Morgan fingerprint density at radius 3 is 2.36 bits per heavy atom. The van der Waals surface area contributed by atoms with E-state index in [2.05, 4.69) is 43.5 Å². The maximum atomic E-state index is 6.19. The van der Waals surface area contributed by atoms with Crippen molar-refractivity contribution < 1.29 is 4.74 Å². The molecule has 3 heteroatoms. The molecule has 0 spiro atoms. The van der Waals surface area contributed by atoms with Crippen molar-refractivity contribution in [3.05, 3.63) is 60.4 Å². The van der Waals surface area contributed by atoms with Crippen LogP contribution in [0.4, 0.5) is 0 Å². The molecule has 114 valence electrons. The van der Waals surface area contributed by atoms with Crippen molar-refractivity contribution in [3.8, 4) is 5.75 Å². The van der Waals surface area contributed by atoms with E-state index in [0.29, 0.717) is 6.04 Å². The van der Waals surface area contributed by atoms with Gasteiger partial charge in [0.2, 0.25) is 0 Å². The summed E-state index contributed by atoms with van der Waals surface area (Å²) in [6.45, 7) is 6.51. The number of hydrogen-bond donors (Lipinski definition) is 0. The summed E-state index contributed by atoms with van der Waals surface area (Å²) >= 11 is 0. The summed E-state index contributed by atoms with van der Waals surface area (Å²) in [4.78, 5) is 4.84. The highest BCUT2D eigenvalue weighted by atomic mass is 16.5. The fraction of sp³-hybridized carbons (Fsp3) is 0.316. The quantitative estimate of drug-likeness (QED) is 0.651. The first-order valence-corrected chi connectivity index (χ1v) is 7.89. The van der Waals surface area contributed by atoms with Gasteiger partial charge in [-0.05, 0) is 44.5 Å². The van der Waals surface area contributed by atoms with Crippen molar-refractivity contribution >= 4 is 11.0 Å². The van der Waals surface area contributed by atoms with Crippen molar-refractivity contribution in [3.63, 3.8) is 0 Å². The lowest BCUT2D eigenvalue weighted by atomic mass is 10.2. The molecule has 1 aromatic heterocycles. The fourth-order valence-corrected chi connectivity index (χ4v) is 2.81. The predicted molar refractivity (Wildman–Crippen MR) is 90.2 cm³/mol. The van der Waals surface area contributed by atoms with Crippen molar-refractivity contribution in [2.75, 3.05) is 0 Å². The normalized spacial score (nSPS) is 12.7. The molecule has 22 heavy (non-hydrogen) atoms. The van der Waals surface area contributed by atoms with Crippen LogP contribution in [0.1, 0.15) is 45.2 Å². The smallest absolute Gasteiger partial charge is 0.156 e. The van der Waals surface area contributed by atoms with E-state index in [-0.39, 0.29) is 6.10 Å². The molecule has 1 atom stereocenters. The van der Waals surface area contributed by atoms with Gasteiger partial charge < -0.3 is 9.30 Å². The van der Waals surface area contributed by atoms with Gasteiger partial charge in [0.15, 0.2) is 11.9 Å². The SMILES string of the molecule is CC[C@@H](Oc1ccccc1)c1nc2ccccc2n1C(C)C. The first-order valence-electron chi connectivity index (χ1n) is 7.89. The molecule has 0 aliphatic carbocycles. The lowest BCUT2D eigenvalue weighted by Gasteiger charge is -2.21. The van der Waals surface area contributed by atoms with Gasteiger partial charge in [-0.3, -0.25) is 0 Å². The standard InChI is InChI=1S/C19H22N2O/c1-4-18(22-15-10-6-5-7-11-15)19-20-16-12-8-9-13-17(16)21(19)14(2)3/h5-14,18H,4H2,1-3H3/t18-/m1/s1. The van der Waals surface area contributed by atoms with E-state index in [4.69, 9.17) is 9.72 Å². The number of ether oxygens (including phenoxy) is 1. The highest BCUT2D eigenvalue weighted by molar-refractivity contribution is 5.76. The number of hydrogen-bond acceptors (Lipinski definition) is 2. The second-order valence-electron chi connectivity index (χ2n) is 5.75. The van der Waals surface area contributed by atoms with E-state index in [1.807, 2.05) is 36.4 Å². The lowest BCUT2D eigenvalue weighted by molar-refractivity contribution is 0.185. The van der Waals surface area contributed by atoms with Gasteiger partial charge in [0, 0.05) is 6.04 Å². The molecule has 1 heterocycles. The predicted octanol–water partition coefficient (Wildman–Crippen LogP) is 5.15. The Hall–Kier alpha value is -2.29. The highest BCUT2D eigenvalue weighted by Crippen LogP contribution is 2.29. The summed E-state index contributed by atoms with van der Waals surface area (Å²) in [5, 5.41) is 0. The maximum Gasteiger partial charge on any atom is 0.156 e. The summed E-state index contributed by atoms with van der Waals surface area (Å²) in [5.41, 5.74) is 2.20. The van der Waals surface area contributed by atoms with Crippen molar-refractivity contribution in [1.29, 1.82) is 0 Å². The third-order valence-electron chi connectivity index (χ3n) is 3.82. The van der Waals surface area contributed by atoms with Crippen LogP contribution in [0.2, 0.25) is 0 Å². The van der Waals surface area contributed by atoms with E-state index >= 15 is 0 Å². The van der Waals surface area contributed by atoms with E-state index in [1.165, 1.54) is 5.52 Å². The molecule has 3 rings (SSSR count). The Morgan fingerprint density at radius 1 is 1.00 bits per heavy atom. The van der Waals surface area contributed by atoms with Crippen LogP contribution in [0.3, 0.4) is 0 Å². The Balaban J connectivity index is 2.04. The largest absolute Gasteiger partial charge is 0.483 e. The molecule has 0 saturated carbocycles. The summed E-state index contributed by atoms with van der Waals surface area (Å²) < 4.78 is 8.47. The van der Waals surface area contributed by atoms with Gasteiger partial charge >= 0.3 is 0 Å². The zero-order valence-corrected chi connectivity index (χ0v) is 13.4. The van der Waals surface area contributed by atoms with Crippen LogP contribution in [-0.2, 0) is 0 Å². The fourth-order valence-electron chi connectivity index (χ4n) is 2.81. The van der Waals surface area contributed by atoms with Gasteiger partial charge in [-0.15, -0.1) is 0 Å². The molecule has 0 unspecified atom stereocenters. The second kappa shape index (κ2) is 6.22. The minimum Gasteiger partial charge on any atom is -0.483 e. The van der Waals surface area contributed by atoms with Gasteiger partial charge in [-0.1, -0.05) is 37.3 Å². The molecule has 2 aromatic carbocycles. The summed E-state index contributed by atoms with van der Waals surface area (Å²) in [6, 6.07) is 18.6. The Morgan fingerprint density at radius 2 is 1.68 bits per heavy atom. The van der Waals surface area contributed by atoms with Crippen LogP contribution in [0.5, 0.6) is 5.75 Å². The van der Waals surface area contributed by atoms with Crippen LogP contribution in [0.25, 0.3) is 11.0 Å². The first-order chi connectivity index (χ1) is 10.7. The monoisotopic (exact) mass is 294 g/mol. The van der Waals surface area contributed by atoms with Crippen LogP contribution in [-0.4, -0.2) is 9.55 Å². The second-order valence-corrected chi connectivity index (χ2v) is 5.75. The van der Waals surface area contributed by atoms with E-state index in [9.17, 15) is 0 Å². The summed E-state index contributed by atoms with van der Waals surface area (Å²) in [5.74, 6) is 1.89. The van der Waals surface area contributed by atoms with E-state index in [1.54, 1.807) is 0 Å². The zero-order chi connectivity index (χ0) is 15.5. The Labute approximate surface area is 131 Å². The Bertz CT molecular complexity index is 746. The molecular formula is C19H22N2O. The number of nitrogens with zero attached hydrogens (tertiary/aromatic N) is 2. The average Bonchev–Trinajstić information content (AvgIpc) is 2.93. The first kappa shape index (κ1) is 14.6. The number of benzene rings is 2. The topological polar surface area (TPSA) is 27.1 Å². The molecule has 0 aliphatic heterocycles. The number of aromatic nitrogens is 2. The van der Waals surface area contributed by atoms with Crippen molar-refractivity contribution in [1.82, 2.24) is 9.55 Å². The van der Waals surface area contributed by atoms with Crippen molar-refractivity contribution in [2.24, 2.45) is 0 Å². The minimum absolute atomic E-state index is 0.0443. The van der Waals surface area contributed by atoms with Gasteiger partial charge in [0.25, 0.3) is 0 Å². The van der Waals surface area contributed by atoms with Crippen LogP contribution >= 0.6 is 0 Å². The lowest BCUT2D eigenvalue weighted by Crippen LogP contribution is -2.15. The number of fused-ring (bicyclic) bond motifs is 1. The molecule has 0 N–H and O–H groups in total. The summed E-state index contributed by atoms with van der Waals surface area (Å²) in [6.07, 6.45) is 0.836. The molecule has 0 amide bonds. The van der Waals surface area contributed by atoms with E-state index < -0.39 is 0 Å². The molecular weight excluding hydrogens is 272 g/mol. The molecule has 0 bridgehead atoms. The number of rotatable bonds is 5. The molecule has 3 aromatic rings. The molecule has 0 fully saturated rings. The van der Waals surface area contributed by atoms with Crippen LogP contribution in [0.15, 0.2) is 54.6 Å². The third kappa shape index (κ3) is 2.71. The molecule has 0 aliphatic rings. The molecule has 0 radical (unpaired) electrons. The zero-order valence-electron chi connectivity index (χ0n) is 13.4. The molecule has 3 nitrogen and oxygen atoms in total.